The van der Waals surface area contributed by atoms with Crippen LogP contribution in [0.1, 0.15) is 16.9 Å². The monoisotopic (exact) mass is 392 g/mol. The van der Waals surface area contributed by atoms with Gasteiger partial charge >= 0.3 is 0 Å². The molecule has 1 unspecified atom stereocenters. The van der Waals surface area contributed by atoms with Crippen molar-refractivity contribution >= 4 is 17.4 Å². The van der Waals surface area contributed by atoms with E-state index in [0.29, 0.717) is 23.6 Å². The van der Waals surface area contributed by atoms with Gasteiger partial charge in [0, 0.05) is 24.7 Å². The largest absolute Gasteiger partial charge is 0.353 e. The van der Waals surface area contributed by atoms with E-state index >= 15 is 0 Å². The maximum Gasteiger partial charge on any atom is 0.269 e. The van der Waals surface area contributed by atoms with Crippen LogP contribution in [0.15, 0.2) is 48.8 Å². The van der Waals surface area contributed by atoms with Crippen LogP contribution in [0.2, 0.25) is 0 Å². The molecule has 0 radical (unpaired) electrons. The van der Waals surface area contributed by atoms with Gasteiger partial charge in [-0.2, -0.15) is 9.61 Å². The second-order valence-corrected chi connectivity index (χ2v) is 6.90. The van der Waals surface area contributed by atoms with Crippen molar-refractivity contribution in [3.63, 3.8) is 0 Å². The zero-order valence-corrected chi connectivity index (χ0v) is 15.3. The molecule has 1 aliphatic heterocycles. The number of fused-ring (bicyclic) bond motifs is 1. The molecule has 1 amide bonds. The third kappa shape index (κ3) is 3.40. The number of H-pyrrole nitrogens is 1. The first-order valence-corrected chi connectivity index (χ1v) is 9.20. The Hall–Kier alpha value is -3.82. The van der Waals surface area contributed by atoms with E-state index in [2.05, 4.69) is 35.7 Å². The molecule has 0 aliphatic carbocycles. The van der Waals surface area contributed by atoms with Crippen molar-refractivity contribution in [3.05, 3.63) is 60.3 Å². The highest BCUT2D eigenvalue weighted by Gasteiger charge is 2.26. The molecule has 29 heavy (non-hydrogen) atoms. The summed E-state index contributed by atoms with van der Waals surface area (Å²) in [5.41, 5.74) is 2.39. The van der Waals surface area contributed by atoms with Gasteiger partial charge in [0.1, 0.15) is 23.7 Å². The van der Waals surface area contributed by atoms with E-state index in [-0.39, 0.29) is 17.8 Å². The Balaban J connectivity index is 1.24. The van der Waals surface area contributed by atoms with Gasteiger partial charge in [0.15, 0.2) is 5.65 Å². The highest BCUT2D eigenvalue weighted by molar-refractivity contribution is 5.93. The third-order valence-electron chi connectivity index (χ3n) is 4.96. The standard InChI is InChI=1S/C19H17FN8O/c20-13-3-1-12(2-4-13)15-9-16(24-23-15)19(29)22-14-7-8-27(10-14)18-6-5-17-25-21-11-28(17)26-18/h1-6,9,11,14H,7-8,10H2,(H,22,29)(H,23,24). The molecule has 2 N–H and O–H groups in total. The van der Waals surface area contributed by atoms with Crippen LogP contribution in [0.4, 0.5) is 10.2 Å². The zero-order valence-electron chi connectivity index (χ0n) is 15.3. The molecule has 4 heterocycles. The summed E-state index contributed by atoms with van der Waals surface area (Å²) < 4.78 is 14.7. The van der Waals surface area contributed by atoms with Crippen molar-refractivity contribution in [2.75, 3.05) is 18.0 Å². The van der Waals surface area contributed by atoms with E-state index in [1.807, 2.05) is 12.1 Å². The minimum atomic E-state index is -0.314. The van der Waals surface area contributed by atoms with Gasteiger partial charge in [-0.15, -0.1) is 15.3 Å². The van der Waals surface area contributed by atoms with Gasteiger partial charge in [0.2, 0.25) is 0 Å². The van der Waals surface area contributed by atoms with Crippen LogP contribution in [0, 0.1) is 5.82 Å². The Bertz CT molecular complexity index is 1170. The summed E-state index contributed by atoms with van der Waals surface area (Å²) in [5, 5.41) is 22.2. The third-order valence-corrected chi connectivity index (χ3v) is 4.96. The van der Waals surface area contributed by atoms with Crippen LogP contribution in [-0.2, 0) is 0 Å². The molecule has 9 nitrogen and oxygen atoms in total. The number of amides is 1. The minimum absolute atomic E-state index is 0.00141. The predicted molar refractivity (Wildman–Crippen MR) is 103 cm³/mol. The zero-order chi connectivity index (χ0) is 19.8. The van der Waals surface area contributed by atoms with Crippen LogP contribution < -0.4 is 10.2 Å². The van der Waals surface area contributed by atoms with E-state index in [0.717, 1.165) is 24.3 Å². The molecule has 1 atom stereocenters. The second-order valence-electron chi connectivity index (χ2n) is 6.90. The highest BCUT2D eigenvalue weighted by atomic mass is 19.1. The van der Waals surface area contributed by atoms with Gasteiger partial charge in [0.25, 0.3) is 5.91 Å². The van der Waals surface area contributed by atoms with Crippen LogP contribution in [-0.4, -0.2) is 55.0 Å². The summed E-state index contributed by atoms with van der Waals surface area (Å²) in [6.45, 7) is 1.45. The van der Waals surface area contributed by atoms with Gasteiger partial charge in [-0.3, -0.25) is 9.89 Å². The van der Waals surface area contributed by atoms with E-state index in [4.69, 9.17) is 0 Å². The number of benzene rings is 1. The van der Waals surface area contributed by atoms with Crippen LogP contribution in [0.5, 0.6) is 0 Å². The number of halogens is 1. The van der Waals surface area contributed by atoms with Gasteiger partial charge in [-0.25, -0.2) is 4.39 Å². The fourth-order valence-electron chi connectivity index (χ4n) is 3.44. The number of anilines is 1. The van der Waals surface area contributed by atoms with Gasteiger partial charge in [0.05, 0.1) is 5.69 Å². The van der Waals surface area contributed by atoms with Crippen molar-refractivity contribution in [2.45, 2.75) is 12.5 Å². The van der Waals surface area contributed by atoms with Crippen molar-refractivity contribution in [2.24, 2.45) is 0 Å². The number of nitrogens with one attached hydrogen (secondary N) is 2. The molecular weight excluding hydrogens is 375 g/mol. The quantitative estimate of drug-likeness (QED) is 0.547. The van der Waals surface area contributed by atoms with Crippen molar-refractivity contribution < 1.29 is 9.18 Å². The van der Waals surface area contributed by atoms with Gasteiger partial charge in [-0.05, 0) is 48.9 Å². The molecule has 1 aromatic carbocycles. The molecule has 10 heteroatoms. The number of nitrogens with zero attached hydrogens (tertiary/aromatic N) is 6. The molecule has 0 spiro atoms. The number of hydrogen-bond donors (Lipinski definition) is 2. The molecule has 5 rings (SSSR count). The molecule has 0 saturated carbocycles. The molecular formula is C19H17FN8O. The Labute approximate surface area is 164 Å². The number of aromatic amines is 1. The SMILES string of the molecule is O=C(NC1CCN(c2ccc3nncn3n2)C1)c1cc(-c2ccc(F)cc2)n[nH]1. The molecule has 1 aliphatic rings. The van der Waals surface area contributed by atoms with Crippen molar-refractivity contribution in [1.82, 2.24) is 35.3 Å². The summed E-state index contributed by atoms with van der Waals surface area (Å²) in [6, 6.07) is 11.4. The van der Waals surface area contributed by atoms with Gasteiger partial charge < -0.3 is 10.2 Å². The summed E-state index contributed by atoms with van der Waals surface area (Å²) in [4.78, 5) is 14.7. The summed E-state index contributed by atoms with van der Waals surface area (Å²) in [6.07, 6.45) is 2.37. The lowest BCUT2D eigenvalue weighted by atomic mass is 10.1. The van der Waals surface area contributed by atoms with E-state index < -0.39 is 0 Å². The summed E-state index contributed by atoms with van der Waals surface area (Å²) in [7, 11) is 0. The predicted octanol–water partition coefficient (Wildman–Crippen LogP) is 1.66. The second kappa shape index (κ2) is 6.97. The highest BCUT2D eigenvalue weighted by Crippen LogP contribution is 2.20. The first-order valence-electron chi connectivity index (χ1n) is 9.20. The maximum absolute atomic E-state index is 13.1. The van der Waals surface area contributed by atoms with Crippen LogP contribution in [0.3, 0.4) is 0 Å². The summed E-state index contributed by atoms with van der Waals surface area (Å²) >= 11 is 0. The number of carbonyl (C=O) groups excluding carboxylic acids is 1. The number of aromatic nitrogens is 6. The molecule has 1 saturated heterocycles. The van der Waals surface area contributed by atoms with E-state index in [1.165, 1.54) is 12.1 Å². The normalized spacial score (nSPS) is 16.4. The molecule has 3 aromatic heterocycles. The lowest BCUT2D eigenvalue weighted by molar-refractivity contribution is 0.0935. The fraction of sp³-hybridized carbons (Fsp3) is 0.211. The average Bonchev–Trinajstić information content (AvgIpc) is 3.48. The van der Waals surface area contributed by atoms with Crippen LogP contribution in [0.25, 0.3) is 16.9 Å². The lowest BCUT2D eigenvalue weighted by Gasteiger charge is -2.17. The Morgan fingerprint density at radius 3 is 2.93 bits per heavy atom. The van der Waals surface area contributed by atoms with Gasteiger partial charge in [-0.1, -0.05) is 0 Å². The fourth-order valence-corrected chi connectivity index (χ4v) is 3.44. The average molecular weight is 392 g/mol. The molecule has 1 fully saturated rings. The number of hydrogen-bond acceptors (Lipinski definition) is 6. The lowest BCUT2D eigenvalue weighted by Crippen LogP contribution is -2.37. The topological polar surface area (TPSA) is 104 Å². The summed E-state index contributed by atoms with van der Waals surface area (Å²) in [5.74, 6) is 0.278. The van der Waals surface area contributed by atoms with Crippen molar-refractivity contribution in [3.8, 4) is 11.3 Å². The van der Waals surface area contributed by atoms with Crippen LogP contribution >= 0.6 is 0 Å². The first kappa shape index (κ1) is 17.3. The minimum Gasteiger partial charge on any atom is -0.353 e. The first-order chi connectivity index (χ1) is 14.2. The number of carbonyl (C=O) groups is 1. The molecule has 146 valence electrons. The molecule has 4 aromatic rings. The Morgan fingerprint density at radius 1 is 1.21 bits per heavy atom. The van der Waals surface area contributed by atoms with Crippen molar-refractivity contribution in [1.29, 1.82) is 0 Å². The van der Waals surface area contributed by atoms with E-state index in [9.17, 15) is 9.18 Å². The number of rotatable bonds is 4. The smallest absolute Gasteiger partial charge is 0.269 e. The Morgan fingerprint density at radius 2 is 2.07 bits per heavy atom. The molecule has 0 bridgehead atoms. The van der Waals surface area contributed by atoms with E-state index in [1.54, 1.807) is 29.0 Å². The Kier molecular flexibility index (Phi) is 4.15. The maximum atomic E-state index is 13.1.